The number of nitrogens with one attached hydrogen (secondary N) is 1. The van der Waals surface area contributed by atoms with Crippen molar-refractivity contribution in [3.63, 3.8) is 0 Å². The van der Waals surface area contributed by atoms with Gasteiger partial charge in [-0.25, -0.2) is 9.78 Å². The van der Waals surface area contributed by atoms with Crippen LogP contribution >= 0.6 is 11.3 Å². The molecule has 0 saturated heterocycles. The Morgan fingerprint density at radius 3 is 2.68 bits per heavy atom. The van der Waals surface area contributed by atoms with Gasteiger partial charge in [-0.2, -0.15) is 0 Å². The van der Waals surface area contributed by atoms with E-state index in [0.29, 0.717) is 6.54 Å². The van der Waals surface area contributed by atoms with Crippen molar-refractivity contribution >= 4 is 34.0 Å². The molecule has 0 aliphatic heterocycles. The van der Waals surface area contributed by atoms with Crippen LogP contribution in [0.25, 0.3) is 22.3 Å². The first-order valence-electron chi connectivity index (χ1n) is 8.99. The Labute approximate surface area is 166 Å². The summed E-state index contributed by atoms with van der Waals surface area (Å²) < 4.78 is 3.25. The summed E-state index contributed by atoms with van der Waals surface area (Å²) in [5.74, 6) is -0.133. The Balaban J connectivity index is 1.47. The van der Waals surface area contributed by atoms with Gasteiger partial charge < -0.3 is 5.32 Å². The van der Waals surface area contributed by atoms with Gasteiger partial charge in [-0.15, -0.1) is 11.3 Å². The van der Waals surface area contributed by atoms with Crippen molar-refractivity contribution in [1.82, 2.24) is 14.1 Å². The highest BCUT2D eigenvalue weighted by Gasteiger charge is 2.12. The summed E-state index contributed by atoms with van der Waals surface area (Å²) in [6, 6.07) is 15.2. The van der Waals surface area contributed by atoms with Crippen LogP contribution in [-0.4, -0.2) is 20.0 Å². The van der Waals surface area contributed by atoms with Crippen LogP contribution in [0.4, 0.5) is 5.69 Å². The summed E-state index contributed by atoms with van der Waals surface area (Å²) in [5.41, 5.74) is 4.17. The van der Waals surface area contributed by atoms with Crippen molar-refractivity contribution in [2.24, 2.45) is 7.05 Å². The van der Waals surface area contributed by atoms with Gasteiger partial charge in [0.2, 0.25) is 5.91 Å². The fraction of sp³-hybridized carbons (Fsp3) is 0.190. The maximum Gasteiger partial charge on any atom is 0.328 e. The maximum absolute atomic E-state index is 12.5. The van der Waals surface area contributed by atoms with Gasteiger partial charge in [-0.1, -0.05) is 24.3 Å². The van der Waals surface area contributed by atoms with Gasteiger partial charge >= 0.3 is 5.69 Å². The molecule has 6 nitrogen and oxygen atoms in total. The Hall–Kier alpha value is -3.19. The molecule has 0 fully saturated rings. The highest BCUT2D eigenvalue weighted by Crippen LogP contribution is 2.24. The van der Waals surface area contributed by atoms with Crippen molar-refractivity contribution in [3.8, 4) is 11.3 Å². The molecule has 28 heavy (non-hydrogen) atoms. The van der Waals surface area contributed by atoms with Crippen LogP contribution < -0.4 is 11.0 Å². The van der Waals surface area contributed by atoms with E-state index < -0.39 is 0 Å². The Bertz CT molecular complexity index is 1220. The van der Waals surface area contributed by atoms with Crippen molar-refractivity contribution in [2.45, 2.75) is 19.9 Å². The van der Waals surface area contributed by atoms with E-state index in [-0.39, 0.29) is 18.0 Å². The van der Waals surface area contributed by atoms with Crippen LogP contribution in [0.3, 0.4) is 0 Å². The molecule has 0 saturated carbocycles. The molecule has 1 amide bonds. The molecule has 2 heterocycles. The number of benzene rings is 2. The van der Waals surface area contributed by atoms with E-state index in [2.05, 4.69) is 10.3 Å². The zero-order chi connectivity index (χ0) is 19.7. The number of carbonyl (C=O) groups excluding carboxylic acids is 1. The second-order valence-corrected chi connectivity index (χ2v) is 7.67. The fourth-order valence-corrected chi connectivity index (χ4v) is 3.89. The fourth-order valence-electron chi connectivity index (χ4n) is 3.27. The second-order valence-electron chi connectivity index (χ2n) is 6.61. The monoisotopic (exact) mass is 392 g/mol. The molecule has 0 radical (unpaired) electrons. The smallest absolute Gasteiger partial charge is 0.326 e. The molecule has 4 rings (SSSR count). The van der Waals surface area contributed by atoms with Crippen LogP contribution in [0, 0.1) is 6.92 Å². The summed E-state index contributed by atoms with van der Waals surface area (Å²) in [5, 5.41) is 5.93. The molecule has 0 atom stereocenters. The minimum absolute atomic E-state index is 0.116. The number of amides is 1. The van der Waals surface area contributed by atoms with Gasteiger partial charge in [0, 0.05) is 36.6 Å². The number of fused-ring (bicyclic) bond motifs is 1. The van der Waals surface area contributed by atoms with E-state index in [9.17, 15) is 9.59 Å². The van der Waals surface area contributed by atoms with Crippen molar-refractivity contribution < 1.29 is 4.79 Å². The standard InChI is InChI=1S/C21H20N4O2S/c1-14-22-17(13-28-14)15-6-5-7-16(12-15)23-20(26)10-11-25-19-9-4-3-8-18(19)24(2)21(25)27/h3-9,12-13H,10-11H2,1-2H3,(H,23,26). The van der Waals surface area contributed by atoms with Gasteiger partial charge in [0.05, 0.1) is 21.7 Å². The largest absolute Gasteiger partial charge is 0.328 e. The van der Waals surface area contributed by atoms with E-state index >= 15 is 0 Å². The lowest BCUT2D eigenvalue weighted by Crippen LogP contribution is -2.24. The quantitative estimate of drug-likeness (QED) is 0.562. The topological polar surface area (TPSA) is 68.9 Å². The lowest BCUT2D eigenvalue weighted by Gasteiger charge is -2.07. The molecule has 0 spiro atoms. The molecular weight excluding hydrogens is 372 g/mol. The van der Waals surface area contributed by atoms with E-state index in [0.717, 1.165) is 33.0 Å². The number of nitrogens with zero attached hydrogens (tertiary/aromatic N) is 3. The predicted molar refractivity (Wildman–Crippen MR) is 113 cm³/mol. The number of imidazole rings is 1. The van der Waals surface area contributed by atoms with Crippen LogP contribution in [0.15, 0.2) is 58.7 Å². The average molecular weight is 392 g/mol. The van der Waals surface area contributed by atoms with E-state index in [4.69, 9.17) is 0 Å². The van der Waals surface area contributed by atoms with Gasteiger partial charge in [0.15, 0.2) is 0 Å². The Morgan fingerprint density at radius 2 is 1.93 bits per heavy atom. The van der Waals surface area contributed by atoms with E-state index in [1.54, 1.807) is 27.5 Å². The molecule has 7 heteroatoms. The van der Waals surface area contributed by atoms with Crippen molar-refractivity contribution in [3.05, 3.63) is 69.4 Å². The third-order valence-electron chi connectivity index (χ3n) is 4.68. The minimum Gasteiger partial charge on any atom is -0.326 e. The Kier molecular flexibility index (Phi) is 4.83. The zero-order valence-electron chi connectivity index (χ0n) is 15.7. The molecule has 142 valence electrons. The first-order valence-corrected chi connectivity index (χ1v) is 9.87. The number of anilines is 1. The molecule has 4 aromatic rings. The number of rotatable bonds is 5. The SMILES string of the molecule is Cc1nc(-c2cccc(NC(=O)CCn3c(=O)n(C)c4ccccc43)c2)cs1. The molecule has 0 aliphatic rings. The molecule has 2 aromatic carbocycles. The zero-order valence-corrected chi connectivity index (χ0v) is 16.5. The number of aryl methyl sites for hydroxylation is 3. The molecule has 0 aliphatic carbocycles. The summed E-state index contributed by atoms with van der Waals surface area (Å²) in [6.45, 7) is 2.30. The predicted octanol–water partition coefficient (Wildman–Crippen LogP) is 3.80. The number of para-hydroxylation sites is 2. The van der Waals surface area contributed by atoms with Gasteiger partial charge in [-0.05, 0) is 31.2 Å². The second kappa shape index (κ2) is 7.44. The number of hydrogen-bond acceptors (Lipinski definition) is 4. The first-order chi connectivity index (χ1) is 13.5. The molecule has 0 bridgehead atoms. The minimum atomic E-state index is -0.133. The number of hydrogen-bond donors (Lipinski definition) is 1. The lowest BCUT2D eigenvalue weighted by molar-refractivity contribution is -0.116. The molecule has 0 unspecified atom stereocenters. The van der Waals surface area contributed by atoms with Gasteiger partial charge in [0.1, 0.15) is 0 Å². The van der Waals surface area contributed by atoms with Gasteiger partial charge in [-0.3, -0.25) is 13.9 Å². The number of thiazole rings is 1. The van der Waals surface area contributed by atoms with E-state index in [1.807, 2.05) is 60.8 Å². The summed E-state index contributed by atoms with van der Waals surface area (Å²) in [4.78, 5) is 29.4. The number of carbonyl (C=O) groups is 1. The number of aromatic nitrogens is 3. The van der Waals surface area contributed by atoms with Crippen LogP contribution in [-0.2, 0) is 18.4 Å². The van der Waals surface area contributed by atoms with Crippen LogP contribution in [0.1, 0.15) is 11.4 Å². The van der Waals surface area contributed by atoms with Crippen molar-refractivity contribution in [1.29, 1.82) is 0 Å². The average Bonchev–Trinajstić information content (AvgIpc) is 3.23. The van der Waals surface area contributed by atoms with Crippen LogP contribution in [0.5, 0.6) is 0 Å². The molecule has 2 aromatic heterocycles. The van der Waals surface area contributed by atoms with E-state index in [1.165, 1.54) is 0 Å². The molecule has 1 N–H and O–H groups in total. The third kappa shape index (κ3) is 3.48. The highest BCUT2D eigenvalue weighted by molar-refractivity contribution is 7.09. The van der Waals surface area contributed by atoms with Gasteiger partial charge in [0.25, 0.3) is 0 Å². The normalized spacial score (nSPS) is 11.1. The third-order valence-corrected chi connectivity index (χ3v) is 5.45. The summed E-state index contributed by atoms with van der Waals surface area (Å²) in [7, 11) is 1.74. The highest BCUT2D eigenvalue weighted by atomic mass is 32.1. The Morgan fingerprint density at radius 1 is 1.14 bits per heavy atom. The summed E-state index contributed by atoms with van der Waals surface area (Å²) in [6.07, 6.45) is 0.216. The van der Waals surface area contributed by atoms with Crippen molar-refractivity contribution in [2.75, 3.05) is 5.32 Å². The van der Waals surface area contributed by atoms with Crippen LogP contribution in [0.2, 0.25) is 0 Å². The molecular formula is C21H20N4O2S. The lowest BCUT2D eigenvalue weighted by atomic mass is 10.1. The summed E-state index contributed by atoms with van der Waals surface area (Å²) >= 11 is 1.60. The maximum atomic E-state index is 12.5. The first kappa shape index (κ1) is 18.2.